The first-order valence-electron chi connectivity index (χ1n) is 7.65. The van der Waals surface area contributed by atoms with Gasteiger partial charge in [0.15, 0.2) is 11.6 Å². The van der Waals surface area contributed by atoms with E-state index in [1.165, 1.54) is 4.90 Å². The zero-order chi connectivity index (χ0) is 17.1. The smallest absolute Gasteiger partial charge is 0.289 e. The van der Waals surface area contributed by atoms with E-state index in [1.54, 1.807) is 31.7 Å². The van der Waals surface area contributed by atoms with Crippen LogP contribution in [0.2, 0.25) is 0 Å². The van der Waals surface area contributed by atoms with E-state index in [9.17, 15) is 4.79 Å². The van der Waals surface area contributed by atoms with Crippen molar-refractivity contribution in [2.24, 2.45) is 0 Å². The van der Waals surface area contributed by atoms with Crippen LogP contribution in [0.3, 0.4) is 0 Å². The minimum Gasteiger partial charge on any atom is -0.454 e. The first kappa shape index (κ1) is 16.0. The summed E-state index contributed by atoms with van der Waals surface area (Å²) in [6, 6.07) is 3.45. The Hall–Kier alpha value is -2.90. The van der Waals surface area contributed by atoms with Gasteiger partial charge in [-0.1, -0.05) is 19.0 Å². The van der Waals surface area contributed by atoms with Gasteiger partial charge in [-0.3, -0.25) is 4.79 Å². The molecule has 0 aliphatic rings. The van der Waals surface area contributed by atoms with Crippen LogP contribution in [0.5, 0.6) is 0 Å². The van der Waals surface area contributed by atoms with Gasteiger partial charge < -0.3 is 18.4 Å². The number of carbonyl (C=O) groups excluding carboxylic acids is 1. The van der Waals surface area contributed by atoms with Gasteiger partial charge in [-0.05, 0) is 12.1 Å². The fourth-order valence-electron chi connectivity index (χ4n) is 2.18. The Bertz CT molecular complexity index is 803. The van der Waals surface area contributed by atoms with E-state index in [0.717, 1.165) is 0 Å². The second-order valence-electron chi connectivity index (χ2n) is 5.87. The number of hydrogen-bond acceptors (Lipinski definition) is 6. The molecule has 0 bridgehead atoms. The Morgan fingerprint density at radius 3 is 2.88 bits per heavy atom. The van der Waals surface area contributed by atoms with E-state index in [0.29, 0.717) is 24.0 Å². The molecule has 24 heavy (non-hydrogen) atoms. The second kappa shape index (κ2) is 6.69. The Kier molecular flexibility index (Phi) is 4.45. The van der Waals surface area contributed by atoms with Crippen LogP contribution in [0.25, 0.3) is 0 Å². The Balaban J connectivity index is 1.63. The minimum absolute atomic E-state index is 0.156. The molecule has 1 amide bonds. The molecular weight excluding hydrogens is 310 g/mol. The molecule has 126 valence electrons. The molecule has 0 spiro atoms. The van der Waals surface area contributed by atoms with E-state index in [4.69, 9.17) is 8.94 Å². The van der Waals surface area contributed by atoms with Crippen LogP contribution in [0.4, 0.5) is 0 Å². The maximum absolute atomic E-state index is 12.4. The van der Waals surface area contributed by atoms with Crippen molar-refractivity contribution in [2.45, 2.75) is 32.9 Å². The summed E-state index contributed by atoms with van der Waals surface area (Å²) in [7, 11) is 1.67. The lowest BCUT2D eigenvalue weighted by Crippen LogP contribution is -2.26. The molecule has 3 rings (SSSR count). The van der Waals surface area contributed by atoms with Gasteiger partial charge in [0, 0.05) is 25.4 Å². The van der Waals surface area contributed by atoms with Crippen LogP contribution < -0.4 is 0 Å². The molecule has 0 fully saturated rings. The first-order valence-corrected chi connectivity index (χ1v) is 7.65. The maximum Gasteiger partial charge on any atom is 0.289 e. The number of imidazole rings is 1. The van der Waals surface area contributed by atoms with Crippen molar-refractivity contribution >= 4 is 5.91 Å². The maximum atomic E-state index is 12.4. The van der Waals surface area contributed by atoms with Gasteiger partial charge >= 0.3 is 0 Å². The van der Waals surface area contributed by atoms with Crippen molar-refractivity contribution in [2.75, 3.05) is 7.05 Å². The average Bonchev–Trinajstić information content (AvgIpc) is 3.28. The molecule has 8 heteroatoms. The minimum atomic E-state index is -0.234. The van der Waals surface area contributed by atoms with Gasteiger partial charge in [0.1, 0.15) is 5.76 Å². The molecule has 0 aromatic carbocycles. The first-order chi connectivity index (χ1) is 11.5. The molecule has 0 aliphatic carbocycles. The third-order valence-electron chi connectivity index (χ3n) is 3.47. The number of rotatable bonds is 6. The van der Waals surface area contributed by atoms with Gasteiger partial charge in [-0.25, -0.2) is 4.98 Å². The zero-order valence-electron chi connectivity index (χ0n) is 13.8. The number of carbonyl (C=O) groups is 1. The van der Waals surface area contributed by atoms with Crippen LogP contribution in [-0.2, 0) is 13.1 Å². The SMILES string of the molecule is CC(C)c1nc(CN(C)C(=O)c2ccc(Cn3ccnc3)o2)no1. The lowest BCUT2D eigenvalue weighted by molar-refractivity contribution is 0.0747. The average molecular weight is 329 g/mol. The van der Waals surface area contributed by atoms with Crippen LogP contribution in [0, 0.1) is 0 Å². The largest absolute Gasteiger partial charge is 0.454 e. The van der Waals surface area contributed by atoms with E-state index < -0.39 is 0 Å². The number of hydrogen-bond donors (Lipinski definition) is 0. The van der Waals surface area contributed by atoms with E-state index in [2.05, 4.69) is 15.1 Å². The summed E-state index contributed by atoms with van der Waals surface area (Å²) in [5.41, 5.74) is 0. The molecule has 3 heterocycles. The lowest BCUT2D eigenvalue weighted by Gasteiger charge is -2.12. The van der Waals surface area contributed by atoms with Gasteiger partial charge in [0.25, 0.3) is 5.91 Å². The molecule has 8 nitrogen and oxygen atoms in total. The predicted molar refractivity (Wildman–Crippen MR) is 84.2 cm³/mol. The molecule has 0 saturated carbocycles. The van der Waals surface area contributed by atoms with Crippen molar-refractivity contribution in [1.29, 1.82) is 0 Å². The lowest BCUT2D eigenvalue weighted by atomic mass is 10.2. The predicted octanol–water partition coefficient (Wildman–Crippen LogP) is 2.30. The number of aromatic nitrogens is 4. The third-order valence-corrected chi connectivity index (χ3v) is 3.47. The van der Waals surface area contributed by atoms with Crippen molar-refractivity contribution in [3.8, 4) is 0 Å². The Morgan fingerprint density at radius 1 is 1.38 bits per heavy atom. The summed E-state index contributed by atoms with van der Waals surface area (Å²) >= 11 is 0. The fourth-order valence-corrected chi connectivity index (χ4v) is 2.18. The fraction of sp³-hybridized carbons (Fsp3) is 0.375. The van der Waals surface area contributed by atoms with Gasteiger partial charge in [-0.15, -0.1) is 0 Å². The quantitative estimate of drug-likeness (QED) is 0.689. The van der Waals surface area contributed by atoms with Gasteiger partial charge in [0.2, 0.25) is 5.89 Å². The summed E-state index contributed by atoms with van der Waals surface area (Å²) in [6.07, 6.45) is 5.22. The van der Waals surface area contributed by atoms with E-state index in [1.807, 2.05) is 24.6 Å². The van der Waals surface area contributed by atoms with Crippen LogP contribution in [0.15, 0.2) is 39.8 Å². The van der Waals surface area contributed by atoms with Gasteiger partial charge in [-0.2, -0.15) is 4.98 Å². The van der Waals surface area contributed by atoms with Crippen LogP contribution in [-0.4, -0.2) is 37.5 Å². The molecular formula is C16H19N5O3. The zero-order valence-corrected chi connectivity index (χ0v) is 13.8. The summed E-state index contributed by atoms with van der Waals surface area (Å²) < 4.78 is 12.6. The summed E-state index contributed by atoms with van der Waals surface area (Å²) in [6.45, 7) is 4.72. The molecule has 0 unspecified atom stereocenters. The Labute approximate surface area is 139 Å². The highest BCUT2D eigenvalue weighted by molar-refractivity contribution is 5.91. The topological polar surface area (TPSA) is 90.2 Å². The van der Waals surface area contributed by atoms with Crippen molar-refractivity contribution in [1.82, 2.24) is 24.6 Å². The van der Waals surface area contributed by atoms with Crippen molar-refractivity contribution in [3.05, 3.63) is 54.1 Å². The Morgan fingerprint density at radius 2 is 2.21 bits per heavy atom. The van der Waals surface area contributed by atoms with E-state index in [-0.39, 0.29) is 24.1 Å². The molecule has 0 N–H and O–H groups in total. The normalized spacial score (nSPS) is 11.2. The number of furan rings is 1. The summed E-state index contributed by atoms with van der Waals surface area (Å²) in [4.78, 5) is 22.2. The molecule has 3 aromatic rings. The van der Waals surface area contributed by atoms with Crippen molar-refractivity contribution in [3.63, 3.8) is 0 Å². The standard InChI is InChI=1S/C16H19N5O3/c1-11(2)15-18-14(19-24-15)9-20(3)16(22)13-5-4-12(23-13)8-21-7-6-17-10-21/h4-7,10-11H,8-9H2,1-3H3. The third kappa shape index (κ3) is 3.53. The molecule has 0 atom stereocenters. The highest BCUT2D eigenvalue weighted by Gasteiger charge is 2.19. The molecule has 0 aliphatic heterocycles. The van der Waals surface area contributed by atoms with Crippen LogP contribution >= 0.6 is 0 Å². The monoisotopic (exact) mass is 329 g/mol. The molecule has 3 aromatic heterocycles. The number of nitrogens with zero attached hydrogens (tertiary/aromatic N) is 5. The number of amides is 1. The molecule has 0 radical (unpaired) electrons. The highest BCUT2D eigenvalue weighted by Crippen LogP contribution is 2.14. The second-order valence-corrected chi connectivity index (χ2v) is 5.87. The van der Waals surface area contributed by atoms with Gasteiger partial charge in [0.05, 0.1) is 19.4 Å². The summed E-state index contributed by atoms with van der Waals surface area (Å²) in [5.74, 6) is 1.92. The van der Waals surface area contributed by atoms with E-state index >= 15 is 0 Å². The highest BCUT2D eigenvalue weighted by atomic mass is 16.5. The molecule has 0 saturated heterocycles. The van der Waals surface area contributed by atoms with Crippen LogP contribution in [0.1, 0.15) is 47.8 Å². The van der Waals surface area contributed by atoms with Crippen molar-refractivity contribution < 1.29 is 13.7 Å². The summed E-state index contributed by atoms with van der Waals surface area (Å²) in [5, 5.41) is 3.89.